The van der Waals surface area contributed by atoms with E-state index < -0.39 is 0 Å². The predicted octanol–water partition coefficient (Wildman–Crippen LogP) is 1.43. The van der Waals surface area contributed by atoms with E-state index in [0.29, 0.717) is 6.04 Å². The molecule has 0 radical (unpaired) electrons. The number of hydrogen-bond donors (Lipinski definition) is 2. The van der Waals surface area contributed by atoms with Gasteiger partial charge in [-0.25, -0.2) is 0 Å². The topological polar surface area (TPSA) is 41.1 Å². The van der Waals surface area contributed by atoms with Crippen LogP contribution >= 0.6 is 0 Å². The maximum atomic E-state index is 11.7. The third-order valence-corrected chi connectivity index (χ3v) is 3.86. The molecular formula is C12H22N2O. The largest absolute Gasteiger partial charge is 0.355 e. The molecule has 1 aliphatic carbocycles. The van der Waals surface area contributed by atoms with Crippen molar-refractivity contribution in [3.05, 3.63) is 0 Å². The molecular weight excluding hydrogens is 188 g/mol. The molecule has 86 valence electrons. The zero-order chi connectivity index (χ0) is 10.7. The molecule has 1 saturated heterocycles. The second kappa shape index (κ2) is 4.97. The smallest absolute Gasteiger partial charge is 0.237 e. The first kappa shape index (κ1) is 10.9. The van der Waals surface area contributed by atoms with E-state index in [4.69, 9.17) is 0 Å². The Labute approximate surface area is 92.0 Å². The normalized spacial score (nSPS) is 30.2. The Morgan fingerprint density at radius 2 is 2.07 bits per heavy atom. The summed E-state index contributed by atoms with van der Waals surface area (Å²) >= 11 is 0. The first-order valence-corrected chi connectivity index (χ1v) is 6.31. The Morgan fingerprint density at radius 1 is 1.27 bits per heavy atom. The van der Waals surface area contributed by atoms with Crippen LogP contribution in [0.2, 0.25) is 0 Å². The average Bonchev–Trinajstić information content (AvgIpc) is 2.29. The molecule has 1 heterocycles. The third-order valence-electron chi connectivity index (χ3n) is 3.86. The molecule has 3 heteroatoms. The number of rotatable bonds is 3. The lowest BCUT2D eigenvalue weighted by Crippen LogP contribution is -2.49. The van der Waals surface area contributed by atoms with E-state index in [9.17, 15) is 4.79 Å². The molecule has 0 bridgehead atoms. The van der Waals surface area contributed by atoms with Crippen molar-refractivity contribution in [3.8, 4) is 0 Å². The lowest BCUT2D eigenvalue weighted by molar-refractivity contribution is -0.123. The fraction of sp³-hybridized carbons (Fsp3) is 0.917. The summed E-state index contributed by atoms with van der Waals surface area (Å²) in [5, 5.41) is 6.47. The molecule has 1 aliphatic heterocycles. The third kappa shape index (κ3) is 2.71. The summed E-state index contributed by atoms with van der Waals surface area (Å²) in [7, 11) is 0. The van der Waals surface area contributed by atoms with Gasteiger partial charge in [-0.3, -0.25) is 4.79 Å². The summed E-state index contributed by atoms with van der Waals surface area (Å²) in [6.07, 6.45) is 7.33. The molecule has 2 fully saturated rings. The summed E-state index contributed by atoms with van der Waals surface area (Å²) in [4.78, 5) is 11.7. The molecule has 0 aromatic rings. The lowest BCUT2D eigenvalue weighted by atomic mass is 9.80. The van der Waals surface area contributed by atoms with Gasteiger partial charge in [0.05, 0.1) is 6.04 Å². The van der Waals surface area contributed by atoms with Crippen molar-refractivity contribution in [1.29, 1.82) is 0 Å². The van der Waals surface area contributed by atoms with E-state index in [1.165, 1.54) is 19.3 Å². The van der Waals surface area contributed by atoms with Crippen molar-refractivity contribution < 1.29 is 4.79 Å². The molecule has 3 nitrogen and oxygen atoms in total. The first-order valence-electron chi connectivity index (χ1n) is 6.31. The molecule has 15 heavy (non-hydrogen) atoms. The van der Waals surface area contributed by atoms with Crippen molar-refractivity contribution in [2.75, 3.05) is 6.54 Å². The van der Waals surface area contributed by atoms with Crippen LogP contribution in [-0.2, 0) is 4.79 Å². The van der Waals surface area contributed by atoms with Crippen LogP contribution in [-0.4, -0.2) is 24.5 Å². The fourth-order valence-electron chi connectivity index (χ4n) is 2.49. The highest BCUT2D eigenvalue weighted by Crippen LogP contribution is 2.29. The Bertz CT molecular complexity index is 226. The maximum absolute atomic E-state index is 11.7. The van der Waals surface area contributed by atoms with Crippen LogP contribution in [0.1, 0.15) is 45.4 Å². The van der Waals surface area contributed by atoms with Gasteiger partial charge in [0.2, 0.25) is 5.91 Å². The number of nitrogens with one attached hydrogen (secondary N) is 2. The van der Waals surface area contributed by atoms with Crippen LogP contribution in [0.15, 0.2) is 0 Å². The summed E-state index contributed by atoms with van der Waals surface area (Å²) in [6, 6.07) is 0.565. The summed E-state index contributed by atoms with van der Waals surface area (Å²) in [5.74, 6) is 1.01. The highest BCUT2D eigenvalue weighted by molar-refractivity contribution is 5.81. The van der Waals surface area contributed by atoms with Crippen molar-refractivity contribution in [2.24, 2.45) is 5.92 Å². The first-order chi connectivity index (χ1) is 7.27. The van der Waals surface area contributed by atoms with Gasteiger partial charge < -0.3 is 10.6 Å². The van der Waals surface area contributed by atoms with Gasteiger partial charge in [-0.1, -0.05) is 6.42 Å². The van der Waals surface area contributed by atoms with Gasteiger partial charge in [0.1, 0.15) is 0 Å². The van der Waals surface area contributed by atoms with Crippen LogP contribution in [0.4, 0.5) is 0 Å². The predicted molar refractivity (Wildman–Crippen MR) is 60.6 cm³/mol. The van der Waals surface area contributed by atoms with Gasteiger partial charge in [0.25, 0.3) is 0 Å². The minimum atomic E-state index is 0.0584. The van der Waals surface area contributed by atoms with Crippen molar-refractivity contribution in [2.45, 2.75) is 57.5 Å². The van der Waals surface area contributed by atoms with Crippen molar-refractivity contribution in [1.82, 2.24) is 10.6 Å². The molecule has 2 atom stereocenters. The standard InChI is InChI=1S/C12H22N2O/c1-9(10-5-4-6-10)14-11-7-2-3-8-13-12(11)15/h9-11,14H,2-8H2,1H3,(H,13,15). The van der Waals surface area contributed by atoms with Crippen LogP contribution < -0.4 is 10.6 Å². The molecule has 2 unspecified atom stereocenters. The number of hydrogen-bond acceptors (Lipinski definition) is 2. The van der Waals surface area contributed by atoms with E-state index in [1.54, 1.807) is 0 Å². The van der Waals surface area contributed by atoms with Gasteiger partial charge in [-0.05, 0) is 44.9 Å². The van der Waals surface area contributed by atoms with Crippen LogP contribution in [0.5, 0.6) is 0 Å². The molecule has 2 aliphatic rings. The number of carbonyl (C=O) groups excluding carboxylic acids is 1. The minimum Gasteiger partial charge on any atom is -0.355 e. The summed E-state index contributed by atoms with van der Waals surface area (Å²) in [6.45, 7) is 3.08. The quantitative estimate of drug-likeness (QED) is 0.740. The monoisotopic (exact) mass is 210 g/mol. The van der Waals surface area contributed by atoms with Gasteiger partial charge in [-0.15, -0.1) is 0 Å². The van der Waals surface area contributed by atoms with E-state index >= 15 is 0 Å². The second-order valence-corrected chi connectivity index (χ2v) is 4.99. The number of carbonyl (C=O) groups is 1. The zero-order valence-corrected chi connectivity index (χ0v) is 9.59. The molecule has 1 amide bonds. The molecule has 0 aromatic carbocycles. The van der Waals surface area contributed by atoms with Crippen molar-refractivity contribution in [3.63, 3.8) is 0 Å². The van der Waals surface area contributed by atoms with E-state index in [0.717, 1.165) is 31.7 Å². The molecule has 2 rings (SSSR count). The van der Waals surface area contributed by atoms with E-state index in [-0.39, 0.29) is 11.9 Å². The van der Waals surface area contributed by atoms with Crippen LogP contribution in [0.25, 0.3) is 0 Å². The summed E-state index contributed by atoms with van der Waals surface area (Å²) < 4.78 is 0. The van der Waals surface area contributed by atoms with Crippen molar-refractivity contribution >= 4 is 5.91 Å². The van der Waals surface area contributed by atoms with E-state index in [1.807, 2.05) is 0 Å². The number of amides is 1. The van der Waals surface area contributed by atoms with Gasteiger partial charge in [0, 0.05) is 12.6 Å². The van der Waals surface area contributed by atoms with Gasteiger partial charge in [0.15, 0.2) is 0 Å². The molecule has 2 N–H and O–H groups in total. The average molecular weight is 210 g/mol. The second-order valence-electron chi connectivity index (χ2n) is 4.99. The lowest BCUT2D eigenvalue weighted by Gasteiger charge is -2.34. The summed E-state index contributed by atoms with van der Waals surface area (Å²) in [5.41, 5.74) is 0. The molecule has 0 aromatic heterocycles. The SMILES string of the molecule is CC(NC1CCCCNC1=O)C1CCC1. The molecule has 0 spiro atoms. The highest BCUT2D eigenvalue weighted by atomic mass is 16.2. The van der Waals surface area contributed by atoms with Gasteiger partial charge >= 0.3 is 0 Å². The Balaban J connectivity index is 1.82. The van der Waals surface area contributed by atoms with Crippen LogP contribution in [0.3, 0.4) is 0 Å². The van der Waals surface area contributed by atoms with Crippen LogP contribution in [0, 0.1) is 5.92 Å². The minimum absolute atomic E-state index is 0.0584. The molecule has 1 saturated carbocycles. The Morgan fingerprint density at radius 3 is 2.73 bits per heavy atom. The Hall–Kier alpha value is -0.570. The fourth-order valence-corrected chi connectivity index (χ4v) is 2.49. The highest BCUT2D eigenvalue weighted by Gasteiger charge is 2.28. The van der Waals surface area contributed by atoms with Gasteiger partial charge in [-0.2, -0.15) is 0 Å². The maximum Gasteiger partial charge on any atom is 0.237 e. The van der Waals surface area contributed by atoms with E-state index in [2.05, 4.69) is 17.6 Å². The zero-order valence-electron chi connectivity index (χ0n) is 9.59. The Kier molecular flexibility index (Phi) is 3.62.